The molecule has 1 heterocycles. The van der Waals surface area contributed by atoms with E-state index < -0.39 is 0 Å². The lowest BCUT2D eigenvalue weighted by atomic mass is 10.1. The fourth-order valence-corrected chi connectivity index (χ4v) is 2.38. The minimum absolute atomic E-state index is 0.315. The molecule has 0 aromatic heterocycles. The van der Waals surface area contributed by atoms with Crippen molar-refractivity contribution in [1.29, 1.82) is 0 Å². The van der Waals surface area contributed by atoms with E-state index in [-0.39, 0.29) is 5.91 Å². The zero-order valence-corrected chi connectivity index (χ0v) is 12.6. The minimum Gasteiger partial charge on any atom is -0.484 e. The number of aromatic nitrogens is 1. The lowest BCUT2D eigenvalue weighted by Crippen LogP contribution is -2.15. The number of hydrogen-bond donors (Lipinski definition) is 1. The molecule has 0 radical (unpaired) electrons. The minimum atomic E-state index is -0.325. The van der Waals surface area contributed by atoms with Crippen LogP contribution in [0.3, 0.4) is 0 Å². The number of pyridine rings is 1. The molecule has 0 spiro atoms. The van der Waals surface area contributed by atoms with Gasteiger partial charge in [-0.3, -0.25) is 4.79 Å². The van der Waals surface area contributed by atoms with Crippen molar-refractivity contribution >= 4 is 5.91 Å². The molecule has 5 heteroatoms. The molecule has 0 bridgehead atoms. The highest BCUT2D eigenvalue weighted by Crippen LogP contribution is 2.28. The predicted molar refractivity (Wildman–Crippen MR) is 85.3 cm³/mol. The maximum atomic E-state index is 11.4. The number of nitrogens with zero attached hydrogens (tertiary/aromatic N) is 2. The average Bonchev–Trinajstić information content (AvgIpc) is 2.54. The van der Waals surface area contributed by atoms with Crippen LogP contribution in [0, 0.1) is 0 Å². The van der Waals surface area contributed by atoms with E-state index >= 15 is 0 Å². The third-order valence-corrected chi connectivity index (χ3v) is 3.38. The highest BCUT2D eigenvalue weighted by molar-refractivity contribution is 5.75. The summed E-state index contributed by atoms with van der Waals surface area (Å²) in [6.45, 7) is 1.69. The molecule has 2 aliphatic rings. The van der Waals surface area contributed by atoms with E-state index in [0.29, 0.717) is 23.4 Å². The van der Waals surface area contributed by atoms with Crippen LogP contribution in [0.25, 0.3) is 11.3 Å². The number of carbonyl (C=O) groups excluding carboxylic acids is 1. The van der Waals surface area contributed by atoms with Crippen LogP contribution < -0.4 is 10.1 Å². The molecule has 116 valence electrons. The number of carbonyl (C=O) groups is 1. The van der Waals surface area contributed by atoms with Gasteiger partial charge in [0.15, 0.2) is 5.75 Å². The van der Waals surface area contributed by atoms with Gasteiger partial charge in [-0.2, -0.15) is 4.73 Å². The number of benzene rings is 2. The van der Waals surface area contributed by atoms with Gasteiger partial charge in [-0.1, -0.05) is 42.5 Å². The molecule has 0 saturated carbocycles. The van der Waals surface area contributed by atoms with Crippen molar-refractivity contribution in [3.8, 4) is 17.0 Å². The second-order valence-corrected chi connectivity index (χ2v) is 5.11. The van der Waals surface area contributed by atoms with Crippen LogP contribution in [0.15, 0.2) is 65.8 Å². The molecule has 0 atom stereocenters. The van der Waals surface area contributed by atoms with Crippen LogP contribution >= 0.6 is 0 Å². The van der Waals surface area contributed by atoms with Gasteiger partial charge >= 0.3 is 0 Å². The van der Waals surface area contributed by atoms with E-state index in [1.54, 1.807) is 18.2 Å². The zero-order valence-electron chi connectivity index (χ0n) is 12.6. The maximum absolute atomic E-state index is 11.4. The lowest BCUT2D eigenvalue weighted by molar-refractivity contribution is -0.116. The SMILES string of the molecule is CC(=O)N=c1ccc2cccn(O)c-2c1OCc1ccccc1. The quantitative estimate of drug-likeness (QED) is 0.757. The highest BCUT2D eigenvalue weighted by atomic mass is 16.5. The topological polar surface area (TPSA) is 63.8 Å². The van der Waals surface area contributed by atoms with Crippen molar-refractivity contribution in [2.45, 2.75) is 13.5 Å². The number of amides is 1. The van der Waals surface area contributed by atoms with Crippen molar-refractivity contribution in [2.75, 3.05) is 0 Å². The highest BCUT2D eigenvalue weighted by Gasteiger charge is 2.15. The van der Waals surface area contributed by atoms with E-state index in [2.05, 4.69) is 4.99 Å². The number of fused-ring (bicyclic) bond motifs is 1. The van der Waals surface area contributed by atoms with Crippen LogP contribution in [0.5, 0.6) is 5.75 Å². The van der Waals surface area contributed by atoms with Crippen molar-refractivity contribution in [3.63, 3.8) is 0 Å². The van der Waals surface area contributed by atoms with Crippen LogP contribution in [0.4, 0.5) is 0 Å². The average molecular weight is 308 g/mol. The Labute approximate surface area is 133 Å². The Kier molecular flexibility index (Phi) is 4.10. The summed E-state index contributed by atoms with van der Waals surface area (Å²) >= 11 is 0. The van der Waals surface area contributed by atoms with Crippen molar-refractivity contribution in [1.82, 2.24) is 4.73 Å². The Hall–Kier alpha value is -3.08. The first-order valence-electron chi connectivity index (χ1n) is 7.21. The Morgan fingerprint density at radius 2 is 1.91 bits per heavy atom. The second-order valence-electron chi connectivity index (χ2n) is 5.11. The van der Waals surface area contributed by atoms with Crippen LogP contribution in [0.2, 0.25) is 0 Å². The molecule has 1 aliphatic heterocycles. The Bertz CT molecular complexity index is 869. The monoisotopic (exact) mass is 308 g/mol. The molecule has 1 aromatic rings. The van der Waals surface area contributed by atoms with Gasteiger partial charge in [-0.25, -0.2) is 4.99 Å². The summed E-state index contributed by atoms with van der Waals surface area (Å²) in [5.41, 5.74) is 2.25. The van der Waals surface area contributed by atoms with Crippen LogP contribution in [-0.4, -0.2) is 15.8 Å². The molecule has 3 rings (SSSR count). The molecule has 1 amide bonds. The van der Waals surface area contributed by atoms with Gasteiger partial charge in [0.2, 0.25) is 5.91 Å². The summed E-state index contributed by atoms with van der Waals surface area (Å²) in [5, 5.41) is 10.5. The first-order chi connectivity index (χ1) is 11.1. The number of rotatable bonds is 3. The van der Waals surface area contributed by atoms with Crippen molar-refractivity contribution < 1.29 is 14.7 Å². The maximum Gasteiger partial charge on any atom is 0.243 e. The number of ether oxygens (including phenoxy) is 1. The summed E-state index contributed by atoms with van der Waals surface area (Å²) in [6, 6.07) is 16.8. The number of hydrogen-bond acceptors (Lipinski definition) is 3. The van der Waals surface area contributed by atoms with Gasteiger partial charge in [0, 0.05) is 18.7 Å². The lowest BCUT2D eigenvalue weighted by Gasteiger charge is -2.16. The molecule has 5 nitrogen and oxygen atoms in total. The molecule has 1 aromatic carbocycles. The fourth-order valence-electron chi connectivity index (χ4n) is 2.38. The van der Waals surface area contributed by atoms with Gasteiger partial charge in [-0.05, 0) is 17.7 Å². The first-order valence-corrected chi connectivity index (χ1v) is 7.21. The molecule has 1 aliphatic carbocycles. The van der Waals surface area contributed by atoms with Gasteiger partial charge in [-0.15, -0.1) is 0 Å². The van der Waals surface area contributed by atoms with E-state index in [4.69, 9.17) is 4.74 Å². The molecule has 0 unspecified atom stereocenters. The molecular weight excluding hydrogens is 292 g/mol. The fraction of sp³-hybridized carbons (Fsp3) is 0.111. The second kappa shape index (κ2) is 6.36. The van der Waals surface area contributed by atoms with Crippen molar-refractivity contribution in [3.05, 3.63) is 71.7 Å². The largest absolute Gasteiger partial charge is 0.484 e. The zero-order chi connectivity index (χ0) is 16.2. The van der Waals surface area contributed by atoms with E-state index in [9.17, 15) is 10.0 Å². The molecule has 23 heavy (non-hydrogen) atoms. The van der Waals surface area contributed by atoms with Gasteiger partial charge in [0.25, 0.3) is 0 Å². The summed E-state index contributed by atoms with van der Waals surface area (Å²) < 4.78 is 6.87. The summed E-state index contributed by atoms with van der Waals surface area (Å²) in [7, 11) is 0. The smallest absolute Gasteiger partial charge is 0.243 e. The van der Waals surface area contributed by atoms with E-state index in [1.807, 2.05) is 36.4 Å². The predicted octanol–water partition coefficient (Wildman–Crippen LogP) is 2.86. The summed E-state index contributed by atoms with van der Waals surface area (Å²) in [4.78, 5) is 15.3. The molecule has 0 fully saturated rings. The third-order valence-electron chi connectivity index (χ3n) is 3.38. The summed E-state index contributed by atoms with van der Waals surface area (Å²) in [6.07, 6.45) is 1.51. The molecule has 0 saturated heterocycles. The third kappa shape index (κ3) is 3.23. The van der Waals surface area contributed by atoms with Crippen LogP contribution in [-0.2, 0) is 11.4 Å². The summed E-state index contributed by atoms with van der Waals surface area (Å²) in [5.74, 6) is 0.0546. The van der Waals surface area contributed by atoms with Gasteiger partial charge < -0.3 is 9.94 Å². The molecule has 1 N–H and O–H groups in total. The Morgan fingerprint density at radius 1 is 1.13 bits per heavy atom. The Morgan fingerprint density at radius 3 is 2.65 bits per heavy atom. The first kappa shape index (κ1) is 14.8. The molecular formula is C18H16N2O3. The Balaban J connectivity index is 2.10. The standard InChI is InChI=1S/C18H16N2O3/c1-13(21)19-16-10-9-15-8-5-11-20(22)17(15)18(16)23-12-14-6-3-2-4-7-14/h2-11,22H,12H2,1H3. The van der Waals surface area contributed by atoms with E-state index in [0.717, 1.165) is 15.9 Å². The van der Waals surface area contributed by atoms with Crippen LogP contribution in [0.1, 0.15) is 12.5 Å². The van der Waals surface area contributed by atoms with Crippen molar-refractivity contribution in [2.24, 2.45) is 4.99 Å². The van der Waals surface area contributed by atoms with Gasteiger partial charge in [0.1, 0.15) is 17.7 Å². The normalized spacial score (nSPS) is 11.6. The van der Waals surface area contributed by atoms with Gasteiger partial charge in [0.05, 0.1) is 0 Å². The van der Waals surface area contributed by atoms with E-state index in [1.165, 1.54) is 13.1 Å².